The van der Waals surface area contributed by atoms with Gasteiger partial charge in [-0.15, -0.1) is 0 Å². The first-order valence-corrected chi connectivity index (χ1v) is 10.1. The Kier molecular flexibility index (Phi) is 3.09. The van der Waals surface area contributed by atoms with Gasteiger partial charge < -0.3 is 0 Å². The Morgan fingerprint density at radius 2 is 1.17 bits per heavy atom. The highest BCUT2D eigenvalue weighted by atomic mass is 16.2. The molecule has 1 heterocycles. The average Bonchev–Trinajstić information content (AvgIpc) is 3.32. The van der Waals surface area contributed by atoms with Crippen LogP contribution in [0.5, 0.6) is 0 Å². The molecule has 3 nitrogen and oxygen atoms in total. The Balaban J connectivity index is 1.67. The molecule has 2 aliphatic carbocycles. The van der Waals surface area contributed by atoms with Crippen molar-refractivity contribution in [3.05, 3.63) is 107 Å². The van der Waals surface area contributed by atoms with Gasteiger partial charge in [-0.25, -0.2) is 0 Å². The molecule has 3 aromatic rings. The van der Waals surface area contributed by atoms with Gasteiger partial charge >= 0.3 is 0 Å². The zero-order chi connectivity index (χ0) is 19.9. The molecule has 6 rings (SSSR count). The first-order chi connectivity index (χ1) is 14.1. The molecular weight excluding hydrogens is 358 g/mol. The van der Waals surface area contributed by atoms with Gasteiger partial charge in [-0.05, 0) is 24.6 Å². The minimum Gasteiger partial charge on any atom is -0.291 e. The lowest BCUT2D eigenvalue weighted by Crippen LogP contribution is -2.59. The summed E-state index contributed by atoms with van der Waals surface area (Å²) in [6.45, 7) is 0.692. The number of likely N-dealkylation sites (tertiary alicyclic amines) is 1. The van der Waals surface area contributed by atoms with Crippen LogP contribution in [0, 0.1) is 0 Å². The maximum atomic E-state index is 14.0. The summed E-state index contributed by atoms with van der Waals surface area (Å²) in [5.74, 6) is -0.0838. The summed E-state index contributed by atoms with van der Waals surface area (Å²) >= 11 is 0. The van der Waals surface area contributed by atoms with E-state index < -0.39 is 11.0 Å². The molecule has 3 aliphatic rings. The molecule has 1 saturated heterocycles. The molecular formula is C26H21NO2. The Labute approximate surface area is 170 Å². The van der Waals surface area contributed by atoms with Crippen molar-refractivity contribution in [1.29, 1.82) is 0 Å². The van der Waals surface area contributed by atoms with Crippen LogP contribution in [-0.2, 0) is 10.8 Å². The van der Waals surface area contributed by atoms with E-state index in [1.165, 1.54) is 5.56 Å². The largest absolute Gasteiger partial charge is 0.291 e. The molecule has 2 atom stereocenters. The van der Waals surface area contributed by atoms with Crippen LogP contribution in [0.4, 0.5) is 0 Å². The van der Waals surface area contributed by atoms with Crippen molar-refractivity contribution in [2.45, 2.75) is 22.8 Å². The van der Waals surface area contributed by atoms with Crippen molar-refractivity contribution >= 4 is 11.6 Å². The molecule has 3 aromatic carbocycles. The topological polar surface area (TPSA) is 37.4 Å². The summed E-state index contributed by atoms with van der Waals surface area (Å²) in [7, 11) is 1.95. The number of piperidine rings is 1. The van der Waals surface area contributed by atoms with E-state index in [9.17, 15) is 9.59 Å². The van der Waals surface area contributed by atoms with Gasteiger partial charge in [0.15, 0.2) is 17.1 Å². The third kappa shape index (κ3) is 1.66. The van der Waals surface area contributed by atoms with Crippen LogP contribution in [0.15, 0.2) is 84.9 Å². The number of rotatable bonds is 2. The van der Waals surface area contributed by atoms with E-state index >= 15 is 0 Å². The highest BCUT2D eigenvalue weighted by molar-refractivity contribution is 6.35. The van der Waals surface area contributed by atoms with Gasteiger partial charge in [0.2, 0.25) is 0 Å². The molecule has 1 saturated carbocycles. The Hall–Kier alpha value is -3.04. The minimum absolute atomic E-state index is 0.0419. The van der Waals surface area contributed by atoms with E-state index in [2.05, 4.69) is 36.4 Å². The van der Waals surface area contributed by atoms with Crippen molar-refractivity contribution in [3.8, 4) is 0 Å². The third-order valence-electron chi connectivity index (χ3n) is 7.62. The molecule has 0 unspecified atom stereocenters. The van der Waals surface area contributed by atoms with Gasteiger partial charge in [0.25, 0.3) is 0 Å². The number of ketones is 2. The molecule has 142 valence electrons. The number of nitrogens with zero attached hydrogens (tertiary/aromatic N) is 1. The second-order valence-corrected chi connectivity index (χ2v) is 8.67. The number of carbonyl (C=O) groups excluding carboxylic acids is 2. The maximum Gasteiger partial charge on any atom is 0.192 e. The van der Waals surface area contributed by atoms with Crippen LogP contribution in [0.25, 0.3) is 0 Å². The SMILES string of the molecule is CN1C[C@]2(c3ccccc3)C[C@]2(c2ccccc2)C12C(=O)c1ccccc1C2=O. The van der Waals surface area contributed by atoms with E-state index in [0.717, 1.165) is 12.0 Å². The van der Waals surface area contributed by atoms with Gasteiger partial charge in [-0.1, -0.05) is 84.9 Å². The zero-order valence-corrected chi connectivity index (χ0v) is 16.3. The second kappa shape index (κ2) is 5.31. The summed E-state index contributed by atoms with van der Waals surface area (Å²) < 4.78 is 0. The number of hydrogen-bond donors (Lipinski definition) is 0. The maximum absolute atomic E-state index is 14.0. The Morgan fingerprint density at radius 1 is 0.690 bits per heavy atom. The van der Waals surface area contributed by atoms with Crippen LogP contribution in [-0.4, -0.2) is 35.6 Å². The van der Waals surface area contributed by atoms with Crippen LogP contribution < -0.4 is 0 Å². The monoisotopic (exact) mass is 379 g/mol. The Bertz CT molecular complexity index is 1130. The van der Waals surface area contributed by atoms with E-state index in [0.29, 0.717) is 17.7 Å². The highest BCUT2D eigenvalue weighted by Gasteiger charge is 2.88. The summed E-state index contributed by atoms with van der Waals surface area (Å²) in [5, 5.41) is 0. The van der Waals surface area contributed by atoms with E-state index in [4.69, 9.17) is 0 Å². The zero-order valence-electron chi connectivity index (χ0n) is 16.3. The van der Waals surface area contributed by atoms with Crippen molar-refractivity contribution in [1.82, 2.24) is 4.90 Å². The lowest BCUT2D eigenvalue weighted by atomic mass is 9.69. The molecule has 2 fully saturated rings. The second-order valence-electron chi connectivity index (χ2n) is 8.67. The average molecular weight is 379 g/mol. The first kappa shape index (κ1) is 16.9. The number of benzene rings is 3. The molecule has 0 amide bonds. The summed E-state index contributed by atoms with van der Waals surface area (Å²) in [6, 6.07) is 27.9. The van der Waals surface area contributed by atoms with Crippen molar-refractivity contribution in [3.63, 3.8) is 0 Å². The molecule has 1 aliphatic heterocycles. The van der Waals surface area contributed by atoms with Gasteiger partial charge in [0.05, 0.1) is 0 Å². The summed E-state index contributed by atoms with van der Waals surface area (Å²) in [5.41, 5.74) is 1.47. The summed E-state index contributed by atoms with van der Waals surface area (Å²) in [6.07, 6.45) is 0.809. The fourth-order valence-corrected chi connectivity index (χ4v) is 6.54. The molecule has 29 heavy (non-hydrogen) atoms. The molecule has 3 heteroatoms. The third-order valence-corrected chi connectivity index (χ3v) is 7.62. The van der Waals surface area contributed by atoms with Crippen LogP contribution in [0.1, 0.15) is 38.3 Å². The number of hydrogen-bond acceptors (Lipinski definition) is 3. The minimum atomic E-state index is -1.17. The summed E-state index contributed by atoms with van der Waals surface area (Å²) in [4.78, 5) is 30.0. The lowest BCUT2D eigenvalue weighted by Gasteiger charge is -2.38. The van der Waals surface area contributed by atoms with E-state index in [1.807, 2.05) is 60.5 Å². The highest BCUT2D eigenvalue weighted by Crippen LogP contribution is 2.77. The lowest BCUT2D eigenvalue weighted by molar-refractivity contribution is 0.0549. The number of fused-ring (bicyclic) bond motifs is 3. The molecule has 0 radical (unpaired) electrons. The fraction of sp³-hybridized carbons (Fsp3) is 0.231. The quantitative estimate of drug-likeness (QED) is 0.631. The molecule has 0 bridgehead atoms. The number of Topliss-reactive ketones (excluding diaryl/α,β-unsaturated/α-hetero) is 2. The van der Waals surface area contributed by atoms with Gasteiger partial charge in [-0.2, -0.15) is 0 Å². The standard InChI is InChI=1S/C26H21NO2/c1-27-17-24(18-10-4-2-5-11-18)16-25(24,19-12-6-3-7-13-19)26(27)22(28)20-14-8-9-15-21(20)23(26)29/h2-15H,16-17H2,1H3/t24-,25+/m0/s1. The first-order valence-electron chi connectivity index (χ1n) is 10.1. The van der Waals surface area contributed by atoms with Gasteiger partial charge in [-0.3, -0.25) is 14.5 Å². The van der Waals surface area contributed by atoms with Crippen molar-refractivity contribution in [2.75, 3.05) is 13.6 Å². The van der Waals surface area contributed by atoms with Gasteiger partial charge in [0.1, 0.15) is 0 Å². The van der Waals surface area contributed by atoms with Crippen LogP contribution >= 0.6 is 0 Å². The van der Waals surface area contributed by atoms with Gasteiger partial charge in [0, 0.05) is 28.5 Å². The van der Waals surface area contributed by atoms with E-state index in [-0.39, 0.29) is 17.0 Å². The van der Waals surface area contributed by atoms with E-state index in [1.54, 1.807) is 0 Å². The number of likely N-dealkylation sites (N-methyl/N-ethyl adjacent to an activating group) is 1. The smallest absolute Gasteiger partial charge is 0.192 e. The van der Waals surface area contributed by atoms with Crippen molar-refractivity contribution in [2.24, 2.45) is 0 Å². The van der Waals surface area contributed by atoms with Crippen LogP contribution in [0.3, 0.4) is 0 Å². The predicted molar refractivity (Wildman–Crippen MR) is 111 cm³/mol. The van der Waals surface area contributed by atoms with Crippen molar-refractivity contribution < 1.29 is 9.59 Å². The molecule has 0 aromatic heterocycles. The fourth-order valence-electron chi connectivity index (χ4n) is 6.54. The number of carbonyl (C=O) groups is 2. The Morgan fingerprint density at radius 3 is 1.72 bits per heavy atom. The molecule has 0 N–H and O–H groups in total. The predicted octanol–water partition coefficient (Wildman–Crippen LogP) is 4.03. The normalized spacial score (nSPS) is 29.1. The van der Waals surface area contributed by atoms with Crippen LogP contribution in [0.2, 0.25) is 0 Å². The molecule has 1 spiro atoms.